The quantitative estimate of drug-likeness (QED) is 0.662. The first-order chi connectivity index (χ1) is 10.1. The van der Waals surface area contributed by atoms with Crippen LogP contribution in [0, 0.1) is 5.82 Å². The van der Waals surface area contributed by atoms with Gasteiger partial charge in [0.1, 0.15) is 11.0 Å². The van der Waals surface area contributed by atoms with Crippen molar-refractivity contribution in [2.45, 2.75) is 51.9 Å². The summed E-state index contributed by atoms with van der Waals surface area (Å²) >= 11 is 5.97. The zero-order valence-corrected chi connectivity index (χ0v) is 14.6. The van der Waals surface area contributed by atoms with E-state index in [0.717, 1.165) is 16.7 Å². The Morgan fingerprint density at radius 2 is 1.68 bits per heavy atom. The Hall–Kier alpha value is -1.41. The van der Waals surface area contributed by atoms with Crippen molar-refractivity contribution in [3.8, 4) is 0 Å². The summed E-state index contributed by atoms with van der Waals surface area (Å²) in [6.07, 6.45) is 2.31. The summed E-state index contributed by atoms with van der Waals surface area (Å²) in [5, 5.41) is 0.467. The maximum Gasteiger partial charge on any atom is 0.129 e. The van der Waals surface area contributed by atoms with Gasteiger partial charge in [0.25, 0.3) is 0 Å². The lowest BCUT2D eigenvalue weighted by Gasteiger charge is -2.26. The van der Waals surface area contributed by atoms with E-state index in [9.17, 15) is 4.39 Å². The van der Waals surface area contributed by atoms with Crippen LogP contribution in [0.2, 0.25) is 5.15 Å². The molecule has 0 atom stereocenters. The van der Waals surface area contributed by atoms with Crippen LogP contribution in [-0.2, 0) is 17.3 Å². The lowest BCUT2D eigenvalue weighted by atomic mass is 9.78. The van der Waals surface area contributed by atoms with Crippen LogP contribution < -0.4 is 0 Å². The Morgan fingerprint density at radius 3 is 2.23 bits per heavy atom. The molecule has 0 spiro atoms. The average Bonchev–Trinajstić information content (AvgIpc) is 2.40. The summed E-state index contributed by atoms with van der Waals surface area (Å²) in [6.45, 7) is 10.4. The number of benzene rings is 1. The van der Waals surface area contributed by atoms with Gasteiger partial charge in [-0.05, 0) is 52.1 Å². The summed E-state index contributed by atoms with van der Waals surface area (Å²) in [5.74, 6) is -0.138. The Morgan fingerprint density at radius 1 is 1.00 bits per heavy atom. The van der Waals surface area contributed by atoms with Crippen molar-refractivity contribution < 1.29 is 4.39 Å². The molecule has 0 unspecified atom stereocenters. The van der Waals surface area contributed by atoms with Crippen molar-refractivity contribution in [2.75, 3.05) is 0 Å². The summed E-state index contributed by atoms with van der Waals surface area (Å²) < 4.78 is 14.5. The van der Waals surface area contributed by atoms with E-state index in [0.29, 0.717) is 11.6 Å². The van der Waals surface area contributed by atoms with E-state index in [-0.39, 0.29) is 16.6 Å². The van der Waals surface area contributed by atoms with Crippen LogP contribution in [0.5, 0.6) is 0 Å². The van der Waals surface area contributed by atoms with Crippen molar-refractivity contribution in [3.05, 3.63) is 64.2 Å². The molecule has 0 saturated heterocycles. The SMILES string of the molecule is CC(C)(C)c1ccc(CC(C)(C)c2ccnc(Cl)c2)c(F)c1. The maximum absolute atomic E-state index is 14.5. The summed E-state index contributed by atoms with van der Waals surface area (Å²) in [7, 11) is 0. The molecular weight excluding hydrogens is 297 g/mol. The van der Waals surface area contributed by atoms with Gasteiger partial charge in [-0.3, -0.25) is 0 Å². The zero-order chi connectivity index (χ0) is 16.5. The smallest absolute Gasteiger partial charge is 0.129 e. The van der Waals surface area contributed by atoms with Gasteiger partial charge >= 0.3 is 0 Å². The van der Waals surface area contributed by atoms with E-state index in [4.69, 9.17) is 11.6 Å². The molecule has 0 N–H and O–H groups in total. The second-order valence-corrected chi connectivity index (χ2v) is 7.87. The monoisotopic (exact) mass is 319 g/mol. The van der Waals surface area contributed by atoms with Crippen LogP contribution in [-0.4, -0.2) is 4.98 Å². The third-order valence-corrected chi connectivity index (χ3v) is 4.27. The predicted molar refractivity (Wildman–Crippen MR) is 91.1 cm³/mol. The molecule has 2 rings (SSSR count). The highest BCUT2D eigenvalue weighted by molar-refractivity contribution is 6.29. The molecular formula is C19H23ClFN. The summed E-state index contributed by atoms with van der Waals surface area (Å²) in [6, 6.07) is 9.37. The fourth-order valence-corrected chi connectivity index (χ4v) is 2.73. The first kappa shape index (κ1) is 17.0. The molecule has 0 fully saturated rings. The molecule has 0 aliphatic carbocycles. The Labute approximate surface area is 137 Å². The molecule has 0 amide bonds. The minimum Gasteiger partial charge on any atom is -0.245 e. The minimum atomic E-state index is -0.212. The number of rotatable bonds is 3. The topological polar surface area (TPSA) is 12.9 Å². The molecule has 22 heavy (non-hydrogen) atoms. The van der Waals surface area contributed by atoms with Crippen molar-refractivity contribution in [2.24, 2.45) is 0 Å². The van der Waals surface area contributed by atoms with Gasteiger partial charge < -0.3 is 0 Å². The van der Waals surface area contributed by atoms with Crippen LogP contribution in [0.4, 0.5) is 4.39 Å². The number of hydrogen-bond acceptors (Lipinski definition) is 1. The average molecular weight is 320 g/mol. The first-order valence-corrected chi connectivity index (χ1v) is 7.88. The van der Waals surface area contributed by atoms with Crippen molar-refractivity contribution in [1.82, 2.24) is 4.98 Å². The molecule has 3 heteroatoms. The highest BCUT2D eigenvalue weighted by Gasteiger charge is 2.24. The highest BCUT2D eigenvalue weighted by Crippen LogP contribution is 2.31. The number of pyridine rings is 1. The molecule has 1 nitrogen and oxygen atoms in total. The van der Waals surface area contributed by atoms with Crippen LogP contribution in [0.15, 0.2) is 36.5 Å². The van der Waals surface area contributed by atoms with Gasteiger partial charge in [-0.2, -0.15) is 0 Å². The maximum atomic E-state index is 14.5. The van der Waals surface area contributed by atoms with E-state index >= 15 is 0 Å². The van der Waals surface area contributed by atoms with Gasteiger partial charge in [0.15, 0.2) is 0 Å². The van der Waals surface area contributed by atoms with Crippen LogP contribution in [0.3, 0.4) is 0 Å². The van der Waals surface area contributed by atoms with E-state index in [1.165, 1.54) is 0 Å². The number of hydrogen-bond donors (Lipinski definition) is 0. The molecule has 0 bridgehead atoms. The molecule has 1 aromatic carbocycles. The first-order valence-electron chi connectivity index (χ1n) is 7.50. The Kier molecular flexibility index (Phi) is 4.62. The molecule has 1 aromatic heterocycles. The molecule has 0 aliphatic heterocycles. The van der Waals surface area contributed by atoms with E-state index in [1.54, 1.807) is 12.3 Å². The third-order valence-electron chi connectivity index (χ3n) is 4.06. The fraction of sp³-hybridized carbons (Fsp3) is 0.421. The fourth-order valence-electron chi connectivity index (χ4n) is 2.56. The van der Waals surface area contributed by atoms with Crippen LogP contribution in [0.25, 0.3) is 0 Å². The van der Waals surface area contributed by atoms with Crippen molar-refractivity contribution in [3.63, 3.8) is 0 Å². The number of halogens is 2. The Balaban J connectivity index is 2.30. The lowest BCUT2D eigenvalue weighted by molar-refractivity contribution is 0.497. The van der Waals surface area contributed by atoms with Gasteiger partial charge in [0.05, 0.1) is 0 Å². The zero-order valence-electron chi connectivity index (χ0n) is 13.9. The minimum absolute atomic E-state index is 0.0481. The van der Waals surface area contributed by atoms with Crippen LogP contribution in [0.1, 0.15) is 51.3 Å². The molecule has 1 heterocycles. The normalized spacial score (nSPS) is 12.5. The summed E-state index contributed by atoms with van der Waals surface area (Å²) in [5.41, 5.74) is 2.54. The second kappa shape index (κ2) is 6.00. The van der Waals surface area contributed by atoms with Crippen LogP contribution >= 0.6 is 11.6 Å². The van der Waals surface area contributed by atoms with Gasteiger partial charge in [-0.15, -0.1) is 0 Å². The third kappa shape index (κ3) is 3.86. The second-order valence-electron chi connectivity index (χ2n) is 7.48. The molecule has 0 aliphatic rings. The van der Waals surface area contributed by atoms with Gasteiger partial charge in [-0.25, -0.2) is 9.37 Å². The number of aromatic nitrogens is 1. The van der Waals surface area contributed by atoms with Gasteiger partial charge in [0, 0.05) is 6.20 Å². The molecule has 118 valence electrons. The molecule has 0 saturated carbocycles. The van der Waals surface area contributed by atoms with E-state index in [1.807, 2.05) is 24.3 Å². The lowest BCUT2D eigenvalue weighted by Crippen LogP contribution is -2.21. The van der Waals surface area contributed by atoms with Gasteiger partial charge in [0.2, 0.25) is 0 Å². The van der Waals surface area contributed by atoms with E-state index < -0.39 is 0 Å². The van der Waals surface area contributed by atoms with Crippen molar-refractivity contribution in [1.29, 1.82) is 0 Å². The summed E-state index contributed by atoms with van der Waals surface area (Å²) in [4.78, 5) is 4.01. The van der Waals surface area contributed by atoms with Crippen molar-refractivity contribution >= 4 is 11.6 Å². The highest BCUT2D eigenvalue weighted by atomic mass is 35.5. The molecule has 0 radical (unpaired) electrons. The standard InChI is InChI=1S/C19H23ClFN/c1-18(2,3)14-7-6-13(16(21)10-14)12-19(4,5)15-8-9-22-17(20)11-15/h6-11H,12H2,1-5H3. The molecule has 2 aromatic rings. The number of nitrogens with zero attached hydrogens (tertiary/aromatic N) is 1. The van der Waals surface area contributed by atoms with E-state index in [2.05, 4.69) is 39.6 Å². The predicted octanol–water partition coefficient (Wildman–Crippen LogP) is 5.69. The Bertz CT molecular complexity index is 671. The largest absolute Gasteiger partial charge is 0.245 e. The van der Waals surface area contributed by atoms with Gasteiger partial charge in [-0.1, -0.05) is 58.4 Å².